The van der Waals surface area contributed by atoms with Crippen LogP contribution in [0.1, 0.15) is 16.9 Å². The molecule has 25 heavy (non-hydrogen) atoms. The number of carbonyl (C=O) groups excluding carboxylic acids is 1. The lowest BCUT2D eigenvalue weighted by Gasteiger charge is -2.14. The molecule has 0 N–H and O–H groups in total. The monoisotopic (exact) mass is 357 g/mol. The summed E-state index contributed by atoms with van der Waals surface area (Å²) < 4.78 is 10.9. The lowest BCUT2D eigenvalue weighted by Crippen LogP contribution is -2.27. The van der Waals surface area contributed by atoms with E-state index in [-0.39, 0.29) is 11.7 Å². The van der Waals surface area contributed by atoms with Gasteiger partial charge in [0.2, 0.25) is 11.8 Å². The Bertz CT molecular complexity index is 858. The van der Waals surface area contributed by atoms with Gasteiger partial charge in [-0.1, -0.05) is 17.8 Å². The Labute approximate surface area is 150 Å². The van der Waals surface area contributed by atoms with Gasteiger partial charge in [-0.15, -0.1) is 10.2 Å². The molecule has 0 fully saturated rings. The van der Waals surface area contributed by atoms with Crippen molar-refractivity contribution in [3.05, 3.63) is 53.5 Å². The Balaban J connectivity index is 1.57. The van der Waals surface area contributed by atoms with Crippen LogP contribution >= 0.6 is 11.8 Å². The Morgan fingerprint density at radius 3 is 2.76 bits per heavy atom. The van der Waals surface area contributed by atoms with E-state index in [0.29, 0.717) is 17.7 Å². The number of rotatable bonds is 6. The highest BCUT2D eigenvalue weighted by molar-refractivity contribution is 7.99. The topological polar surface area (TPSA) is 72.4 Å². The number of carbonyl (C=O) groups is 1. The van der Waals surface area contributed by atoms with Crippen LogP contribution in [0.3, 0.4) is 0 Å². The number of aromatic nitrogens is 2. The lowest BCUT2D eigenvalue weighted by molar-refractivity contribution is -0.127. The molecule has 0 radical (unpaired) electrons. The summed E-state index contributed by atoms with van der Waals surface area (Å²) in [6.07, 6.45) is 1.59. The molecule has 0 spiro atoms. The molecule has 0 saturated carbocycles. The van der Waals surface area contributed by atoms with Crippen molar-refractivity contribution >= 4 is 17.7 Å². The Morgan fingerprint density at radius 1 is 1.20 bits per heavy atom. The first-order valence-electron chi connectivity index (χ1n) is 7.83. The van der Waals surface area contributed by atoms with E-state index in [9.17, 15) is 4.79 Å². The second-order valence-corrected chi connectivity index (χ2v) is 6.72. The van der Waals surface area contributed by atoms with Gasteiger partial charge < -0.3 is 13.7 Å². The number of aryl methyl sites for hydroxylation is 2. The molecule has 0 unspecified atom stereocenters. The third-order valence-corrected chi connectivity index (χ3v) is 4.68. The maximum atomic E-state index is 12.2. The predicted molar refractivity (Wildman–Crippen MR) is 95.1 cm³/mol. The first kappa shape index (κ1) is 17.3. The number of furan rings is 1. The molecule has 0 aliphatic rings. The molecule has 7 heteroatoms. The van der Waals surface area contributed by atoms with Crippen LogP contribution in [0.25, 0.3) is 11.5 Å². The van der Waals surface area contributed by atoms with Crippen LogP contribution in [0.2, 0.25) is 0 Å². The predicted octanol–water partition coefficient (Wildman–Crippen LogP) is 3.70. The zero-order valence-electron chi connectivity index (χ0n) is 14.4. The highest BCUT2D eigenvalue weighted by Crippen LogP contribution is 2.25. The van der Waals surface area contributed by atoms with Gasteiger partial charge in [0.25, 0.3) is 5.22 Å². The molecule has 3 aromatic rings. The van der Waals surface area contributed by atoms with Crippen molar-refractivity contribution in [2.45, 2.75) is 25.6 Å². The Kier molecular flexibility index (Phi) is 5.23. The summed E-state index contributed by atoms with van der Waals surface area (Å²) in [4.78, 5) is 13.8. The summed E-state index contributed by atoms with van der Waals surface area (Å²) in [6.45, 7) is 4.53. The van der Waals surface area contributed by atoms with Gasteiger partial charge in [0.15, 0.2) is 0 Å². The second-order valence-electron chi connectivity index (χ2n) is 5.79. The normalized spacial score (nSPS) is 10.8. The minimum absolute atomic E-state index is 0.0349. The van der Waals surface area contributed by atoms with E-state index < -0.39 is 0 Å². The van der Waals surface area contributed by atoms with Crippen LogP contribution in [0.5, 0.6) is 0 Å². The van der Waals surface area contributed by atoms with Crippen molar-refractivity contribution in [1.82, 2.24) is 15.1 Å². The molecule has 2 aromatic heterocycles. The van der Waals surface area contributed by atoms with Gasteiger partial charge in [-0.3, -0.25) is 4.79 Å². The molecule has 0 aliphatic heterocycles. The zero-order chi connectivity index (χ0) is 17.8. The molecule has 1 aromatic carbocycles. The number of benzene rings is 1. The molecule has 0 bridgehead atoms. The third-order valence-electron chi connectivity index (χ3n) is 3.88. The van der Waals surface area contributed by atoms with Crippen LogP contribution in [0.4, 0.5) is 0 Å². The molecule has 2 heterocycles. The first-order chi connectivity index (χ1) is 12.0. The van der Waals surface area contributed by atoms with Gasteiger partial charge >= 0.3 is 0 Å². The number of hydrogen-bond acceptors (Lipinski definition) is 6. The summed E-state index contributed by atoms with van der Waals surface area (Å²) in [5, 5.41) is 8.45. The van der Waals surface area contributed by atoms with Gasteiger partial charge in [0.1, 0.15) is 5.76 Å². The molecule has 130 valence electrons. The summed E-state index contributed by atoms with van der Waals surface area (Å²) in [5.74, 6) is 1.40. The van der Waals surface area contributed by atoms with Crippen molar-refractivity contribution in [2.24, 2.45) is 0 Å². The van der Waals surface area contributed by atoms with Crippen LogP contribution < -0.4 is 0 Å². The molecule has 6 nitrogen and oxygen atoms in total. The molecule has 3 rings (SSSR count). The van der Waals surface area contributed by atoms with E-state index in [0.717, 1.165) is 11.3 Å². The molecule has 1 amide bonds. The maximum Gasteiger partial charge on any atom is 0.277 e. The quantitative estimate of drug-likeness (QED) is 0.627. The average Bonchev–Trinajstić information content (AvgIpc) is 3.27. The van der Waals surface area contributed by atoms with E-state index in [1.165, 1.54) is 22.9 Å². The van der Waals surface area contributed by atoms with Crippen LogP contribution in [0.15, 0.2) is 50.7 Å². The number of nitrogens with zero attached hydrogens (tertiary/aromatic N) is 3. The van der Waals surface area contributed by atoms with Gasteiger partial charge in [0, 0.05) is 12.6 Å². The van der Waals surface area contributed by atoms with Crippen molar-refractivity contribution in [1.29, 1.82) is 0 Å². The van der Waals surface area contributed by atoms with Crippen LogP contribution in [-0.4, -0.2) is 33.8 Å². The zero-order valence-corrected chi connectivity index (χ0v) is 15.2. The van der Waals surface area contributed by atoms with Crippen LogP contribution in [-0.2, 0) is 11.3 Å². The minimum Gasteiger partial charge on any atom is -0.467 e. The summed E-state index contributed by atoms with van der Waals surface area (Å²) in [5.41, 5.74) is 3.26. The fourth-order valence-electron chi connectivity index (χ4n) is 2.22. The van der Waals surface area contributed by atoms with E-state index in [1.54, 1.807) is 24.3 Å². The van der Waals surface area contributed by atoms with Crippen molar-refractivity contribution in [2.75, 3.05) is 12.8 Å². The highest BCUT2D eigenvalue weighted by Gasteiger charge is 2.15. The maximum absolute atomic E-state index is 12.2. The number of hydrogen-bond donors (Lipinski definition) is 0. The highest BCUT2D eigenvalue weighted by atomic mass is 32.2. The molecule has 0 saturated heterocycles. The van der Waals surface area contributed by atoms with E-state index in [2.05, 4.69) is 17.1 Å². The second kappa shape index (κ2) is 7.57. The smallest absolute Gasteiger partial charge is 0.277 e. The largest absolute Gasteiger partial charge is 0.467 e. The van der Waals surface area contributed by atoms with E-state index in [1.807, 2.05) is 31.2 Å². The van der Waals surface area contributed by atoms with Gasteiger partial charge in [-0.25, -0.2) is 0 Å². The Hall–Kier alpha value is -2.54. The fraction of sp³-hybridized carbons (Fsp3) is 0.278. The lowest BCUT2D eigenvalue weighted by atomic mass is 10.1. The summed E-state index contributed by atoms with van der Waals surface area (Å²) >= 11 is 1.23. The van der Waals surface area contributed by atoms with Gasteiger partial charge in [-0.05, 0) is 49.2 Å². The SMILES string of the molecule is Cc1ccc(-c2nnc(SCC(=O)N(C)Cc3ccco3)o2)cc1C. The summed E-state index contributed by atoms with van der Waals surface area (Å²) in [6, 6.07) is 9.63. The third kappa shape index (κ3) is 4.30. The molecular weight excluding hydrogens is 338 g/mol. The van der Waals surface area contributed by atoms with Crippen molar-refractivity contribution in [3.8, 4) is 11.5 Å². The van der Waals surface area contributed by atoms with Crippen LogP contribution in [0, 0.1) is 13.8 Å². The molecular formula is C18H19N3O3S. The van der Waals surface area contributed by atoms with Crippen molar-refractivity contribution in [3.63, 3.8) is 0 Å². The molecule has 0 aliphatic carbocycles. The van der Waals surface area contributed by atoms with E-state index >= 15 is 0 Å². The van der Waals surface area contributed by atoms with Gasteiger partial charge in [0.05, 0.1) is 18.6 Å². The number of amides is 1. The minimum atomic E-state index is -0.0349. The Morgan fingerprint density at radius 2 is 2.04 bits per heavy atom. The standard InChI is InChI=1S/C18H19N3O3S/c1-12-6-7-14(9-13(12)2)17-19-20-18(24-17)25-11-16(22)21(3)10-15-5-4-8-23-15/h4-9H,10-11H2,1-3H3. The molecule has 0 atom stereocenters. The van der Waals surface area contributed by atoms with Crippen molar-refractivity contribution < 1.29 is 13.6 Å². The average molecular weight is 357 g/mol. The summed E-state index contributed by atoms with van der Waals surface area (Å²) in [7, 11) is 1.74. The van der Waals surface area contributed by atoms with Gasteiger partial charge in [-0.2, -0.15) is 0 Å². The van der Waals surface area contributed by atoms with E-state index in [4.69, 9.17) is 8.83 Å². The first-order valence-corrected chi connectivity index (χ1v) is 8.82. The number of thioether (sulfide) groups is 1. The fourth-order valence-corrected chi connectivity index (χ4v) is 2.92.